The van der Waals surface area contributed by atoms with Crippen molar-refractivity contribution in [2.24, 2.45) is 5.92 Å². The van der Waals surface area contributed by atoms with Gasteiger partial charge < -0.3 is 5.32 Å². The predicted molar refractivity (Wildman–Crippen MR) is 140 cm³/mol. The zero-order valence-electron chi connectivity index (χ0n) is 22.2. The molecule has 0 radical (unpaired) electrons. The Labute approximate surface area is 226 Å². The highest BCUT2D eigenvalue weighted by atomic mass is 32.2. The van der Waals surface area contributed by atoms with Crippen molar-refractivity contribution in [2.45, 2.75) is 63.9 Å². The minimum atomic E-state index is -4.38. The first-order valence-corrected chi connectivity index (χ1v) is 14.3. The molecule has 1 amide bonds. The van der Waals surface area contributed by atoms with Crippen molar-refractivity contribution in [3.8, 4) is 0 Å². The molecular formula is C28H31F3N4O3S. The Bertz CT molecular complexity index is 1440. The van der Waals surface area contributed by atoms with Crippen LogP contribution in [0.5, 0.6) is 0 Å². The van der Waals surface area contributed by atoms with Crippen LogP contribution in [-0.4, -0.2) is 34.9 Å². The van der Waals surface area contributed by atoms with Crippen LogP contribution in [0.2, 0.25) is 0 Å². The first-order chi connectivity index (χ1) is 18.3. The first kappa shape index (κ1) is 28.7. The summed E-state index contributed by atoms with van der Waals surface area (Å²) in [6, 6.07) is 9.54. The highest BCUT2D eigenvalue weighted by Crippen LogP contribution is 2.39. The molecule has 3 heterocycles. The molecule has 11 heteroatoms. The predicted octanol–water partition coefficient (Wildman–Crippen LogP) is 5.49. The van der Waals surface area contributed by atoms with Gasteiger partial charge in [0, 0.05) is 25.5 Å². The largest absolute Gasteiger partial charge is 0.416 e. The Hall–Kier alpha value is -3.31. The van der Waals surface area contributed by atoms with Gasteiger partial charge in [-0.1, -0.05) is 32.9 Å². The number of carbonyl (C=O) groups excluding carboxylic acids is 1. The standard InChI is InChI=1S/C28H31F3N4O3S/c1-5-39(37,38)23-10-11-24(32-14-23)18(4)34-27(36)20-12-21-16-35(26(17(2)3)25(21)33-13-20)15-19-6-8-22(9-7-19)28(29,30)31/h6-14,17-18,26H,5,15-16H2,1-4H3,(H,34,36)/t18-,26+/m1/s1. The third-order valence-electron chi connectivity index (χ3n) is 6.90. The molecule has 7 nitrogen and oxygen atoms in total. The lowest BCUT2D eigenvalue weighted by molar-refractivity contribution is -0.137. The van der Waals surface area contributed by atoms with Crippen LogP contribution in [0.1, 0.15) is 78.2 Å². The topological polar surface area (TPSA) is 92.3 Å². The third kappa shape index (κ3) is 6.30. The van der Waals surface area contributed by atoms with Crippen molar-refractivity contribution in [2.75, 3.05) is 5.75 Å². The number of carbonyl (C=O) groups is 1. The summed E-state index contributed by atoms with van der Waals surface area (Å²) in [7, 11) is -3.36. The number of hydrogen-bond donors (Lipinski definition) is 1. The summed E-state index contributed by atoms with van der Waals surface area (Å²) in [6.45, 7) is 8.41. The Kier molecular flexibility index (Phi) is 8.13. The molecule has 39 heavy (non-hydrogen) atoms. The van der Waals surface area contributed by atoms with Crippen molar-refractivity contribution in [3.05, 3.63) is 88.5 Å². The smallest absolute Gasteiger partial charge is 0.344 e. The average molecular weight is 561 g/mol. The SMILES string of the molecule is CCS(=O)(=O)c1ccc([C@@H](C)NC(=O)c2cnc3c(c2)CN(Cc2ccc(C(F)(F)F)cc2)[C@H]3C(C)C)nc1. The van der Waals surface area contributed by atoms with E-state index in [1.807, 2.05) is 0 Å². The number of aromatic nitrogens is 2. The maximum atomic E-state index is 13.0. The van der Waals surface area contributed by atoms with E-state index < -0.39 is 27.6 Å². The number of nitrogens with one attached hydrogen (secondary N) is 1. The van der Waals surface area contributed by atoms with Gasteiger partial charge in [0.15, 0.2) is 9.84 Å². The molecule has 2 atom stereocenters. The molecule has 4 rings (SSSR count). The van der Waals surface area contributed by atoms with E-state index in [-0.39, 0.29) is 28.5 Å². The molecule has 1 N–H and O–H groups in total. The summed E-state index contributed by atoms with van der Waals surface area (Å²) in [6.07, 6.45) is -1.55. The van der Waals surface area contributed by atoms with Crippen molar-refractivity contribution in [3.63, 3.8) is 0 Å². The minimum absolute atomic E-state index is 0.0227. The van der Waals surface area contributed by atoms with E-state index in [1.165, 1.54) is 30.6 Å². The van der Waals surface area contributed by atoms with Crippen LogP contribution in [0.25, 0.3) is 0 Å². The number of fused-ring (bicyclic) bond motifs is 1. The molecule has 2 aromatic heterocycles. The van der Waals surface area contributed by atoms with Crippen LogP contribution in [0, 0.1) is 5.92 Å². The Morgan fingerprint density at radius 1 is 1.08 bits per heavy atom. The van der Waals surface area contributed by atoms with E-state index in [0.29, 0.717) is 24.3 Å². The van der Waals surface area contributed by atoms with E-state index in [0.717, 1.165) is 29.0 Å². The van der Waals surface area contributed by atoms with Crippen molar-refractivity contribution in [1.29, 1.82) is 0 Å². The maximum Gasteiger partial charge on any atom is 0.416 e. The van der Waals surface area contributed by atoms with Crippen LogP contribution >= 0.6 is 0 Å². The zero-order valence-corrected chi connectivity index (χ0v) is 23.0. The molecule has 3 aromatic rings. The summed E-state index contributed by atoms with van der Waals surface area (Å²) >= 11 is 0. The van der Waals surface area contributed by atoms with Crippen LogP contribution in [0.3, 0.4) is 0 Å². The average Bonchev–Trinajstić information content (AvgIpc) is 3.25. The summed E-state index contributed by atoms with van der Waals surface area (Å²) in [5.41, 5.74) is 2.74. The van der Waals surface area contributed by atoms with E-state index in [4.69, 9.17) is 0 Å². The molecule has 1 aromatic carbocycles. The summed E-state index contributed by atoms with van der Waals surface area (Å²) < 4.78 is 62.9. The van der Waals surface area contributed by atoms with Crippen molar-refractivity contribution < 1.29 is 26.4 Å². The van der Waals surface area contributed by atoms with Crippen LogP contribution in [0.4, 0.5) is 13.2 Å². The maximum absolute atomic E-state index is 13.0. The molecule has 0 saturated carbocycles. The minimum Gasteiger partial charge on any atom is -0.344 e. The fourth-order valence-electron chi connectivity index (χ4n) is 4.81. The monoisotopic (exact) mass is 560 g/mol. The molecule has 0 fully saturated rings. The fraction of sp³-hybridized carbons (Fsp3) is 0.393. The molecular weight excluding hydrogens is 529 g/mol. The number of halogens is 3. The number of rotatable bonds is 8. The molecule has 0 spiro atoms. The molecule has 1 aliphatic rings. The molecule has 1 aliphatic heterocycles. The first-order valence-electron chi connectivity index (χ1n) is 12.7. The number of amides is 1. The lowest BCUT2D eigenvalue weighted by Crippen LogP contribution is -2.27. The molecule has 208 valence electrons. The van der Waals surface area contributed by atoms with Gasteiger partial charge >= 0.3 is 6.18 Å². The normalized spacial score (nSPS) is 16.8. The van der Waals surface area contributed by atoms with E-state index >= 15 is 0 Å². The fourth-order valence-corrected chi connectivity index (χ4v) is 5.63. The Morgan fingerprint density at radius 3 is 2.33 bits per heavy atom. The van der Waals surface area contributed by atoms with Gasteiger partial charge in [-0.3, -0.25) is 19.7 Å². The zero-order chi connectivity index (χ0) is 28.5. The van der Waals surface area contributed by atoms with Gasteiger partial charge in [0.05, 0.1) is 45.2 Å². The van der Waals surface area contributed by atoms with Gasteiger partial charge in [0.25, 0.3) is 5.91 Å². The van der Waals surface area contributed by atoms with Crippen LogP contribution in [-0.2, 0) is 29.1 Å². The molecule has 0 aliphatic carbocycles. The quantitative estimate of drug-likeness (QED) is 0.392. The van der Waals surface area contributed by atoms with Gasteiger partial charge in [0.1, 0.15) is 0 Å². The van der Waals surface area contributed by atoms with Gasteiger partial charge in [-0.25, -0.2) is 8.42 Å². The lowest BCUT2D eigenvalue weighted by Gasteiger charge is -2.27. The van der Waals surface area contributed by atoms with E-state index in [1.54, 1.807) is 26.0 Å². The lowest BCUT2D eigenvalue weighted by atomic mass is 9.99. The highest BCUT2D eigenvalue weighted by Gasteiger charge is 2.35. The van der Waals surface area contributed by atoms with Gasteiger partial charge in [-0.05, 0) is 54.3 Å². The second kappa shape index (κ2) is 11.1. The van der Waals surface area contributed by atoms with Gasteiger partial charge in [-0.2, -0.15) is 13.2 Å². The summed E-state index contributed by atoms with van der Waals surface area (Å²) in [5, 5.41) is 2.88. The Balaban J connectivity index is 1.47. The summed E-state index contributed by atoms with van der Waals surface area (Å²) in [4.78, 5) is 24.1. The number of sulfone groups is 1. The van der Waals surface area contributed by atoms with Gasteiger partial charge in [0.2, 0.25) is 0 Å². The van der Waals surface area contributed by atoms with Crippen molar-refractivity contribution in [1.82, 2.24) is 20.2 Å². The molecule has 0 saturated heterocycles. The van der Waals surface area contributed by atoms with E-state index in [2.05, 4.69) is 34.0 Å². The summed E-state index contributed by atoms with van der Waals surface area (Å²) in [5.74, 6) is -0.170. The number of nitrogens with zero attached hydrogens (tertiary/aromatic N) is 3. The van der Waals surface area contributed by atoms with Gasteiger partial charge in [-0.15, -0.1) is 0 Å². The van der Waals surface area contributed by atoms with Crippen LogP contribution < -0.4 is 5.32 Å². The van der Waals surface area contributed by atoms with Crippen molar-refractivity contribution >= 4 is 15.7 Å². The number of hydrogen-bond acceptors (Lipinski definition) is 6. The second-order valence-corrected chi connectivity index (χ2v) is 12.4. The number of alkyl halides is 3. The number of benzene rings is 1. The number of pyridine rings is 2. The molecule has 0 bridgehead atoms. The Morgan fingerprint density at radius 2 is 1.77 bits per heavy atom. The van der Waals surface area contributed by atoms with E-state index in [9.17, 15) is 26.4 Å². The van der Waals surface area contributed by atoms with Crippen LogP contribution in [0.15, 0.2) is 59.8 Å². The molecule has 0 unspecified atom stereocenters. The highest BCUT2D eigenvalue weighted by molar-refractivity contribution is 7.91. The third-order valence-corrected chi connectivity index (χ3v) is 8.62. The second-order valence-electron chi connectivity index (χ2n) is 10.1.